The molecule has 0 aliphatic carbocycles. The first-order valence-corrected chi connectivity index (χ1v) is 13.6. The SMILES string of the molecule is Cc1cccc(C)c1C(=O)NCCCc1cccc(N2CC3CN(C(=O)c4c(F)cccc4Cl)CC3C2)c1. The van der Waals surface area contributed by atoms with E-state index in [1.165, 1.54) is 23.4 Å². The number of rotatable bonds is 7. The normalized spacial score (nSPS) is 18.5. The highest BCUT2D eigenvalue weighted by molar-refractivity contribution is 6.33. The Bertz CT molecular complexity index is 1310. The third-order valence-electron chi connectivity index (χ3n) is 7.86. The summed E-state index contributed by atoms with van der Waals surface area (Å²) >= 11 is 6.13. The molecule has 3 aromatic carbocycles. The standard InChI is InChI=1S/C31H33ClFN3O2/c1-20-7-3-8-21(2)28(20)30(37)34-14-6-10-22-9-4-11-25(15-22)35-16-23-18-36(19-24(23)17-35)31(38)29-26(32)12-5-13-27(29)33/h3-5,7-9,11-13,15,23-24H,6,10,14,16-19H2,1-2H3,(H,34,37). The fraction of sp³-hybridized carbons (Fsp3) is 0.355. The zero-order chi connectivity index (χ0) is 26.8. The molecule has 2 amide bonds. The van der Waals surface area contributed by atoms with Crippen LogP contribution in [0.2, 0.25) is 5.02 Å². The fourth-order valence-electron chi connectivity index (χ4n) is 5.89. The molecule has 0 saturated carbocycles. The lowest BCUT2D eigenvalue weighted by molar-refractivity contribution is 0.0777. The van der Waals surface area contributed by atoms with Gasteiger partial charge in [-0.15, -0.1) is 0 Å². The molecule has 0 aromatic heterocycles. The van der Waals surface area contributed by atoms with E-state index < -0.39 is 5.82 Å². The molecule has 2 saturated heterocycles. The van der Waals surface area contributed by atoms with Crippen molar-refractivity contribution in [1.82, 2.24) is 10.2 Å². The van der Waals surface area contributed by atoms with E-state index >= 15 is 0 Å². The number of nitrogens with zero attached hydrogens (tertiary/aromatic N) is 2. The van der Waals surface area contributed by atoms with Crippen LogP contribution in [-0.4, -0.2) is 49.4 Å². The van der Waals surface area contributed by atoms with E-state index in [2.05, 4.69) is 34.5 Å². The third-order valence-corrected chi connectivity index (χ3v) is 8.18. The lowest BCUT2D eigenvalue weighted by Gasteiger charge is -2.24. The predicted octanol–water partition coefficient (Wildman–Crippen LogP) is 5.67. The summed E-state index contributed by atoms with van der Waals surface area (Å²) in [6, 6.07) is 18.8. The number of carbonyl (C=O) groups is 2. The molecule has 2 fully saturated rings. The van der Waals surface area contributed by atoms with Gasteiger partial charge in [0, 0.05) is 55.8 Å². The Hall–Kier alpha value is -3.38. The molecule has 0 spiro atoms. The molecule has 5 rings (SSSR count). The molecule has 38 heavy (non-hydrogen) atoms. The maximum absolute atomic E-state index is 14.3. The molecule has 3 aromatic rings. The van der Waals surface area contributed by atoms with E-state index in [0.29, 0.717) is 31.5 Å². The maximum atomic E-state index is 14.3. The van der Waals surface area contributed by atoms with Gasteiger partial charge in [0.2, 0.25) is 0 Å². The van der Waals surface area contributed by atoms with Crippen molar-refractivity contribution in [2.45, 2.75) is 26.7 Å². The van der Waals surface area contributed by atoms with Gasteiger partial charge in [0.1, 0.15) is 5.82 Å². The van der Waals surface area contributed by atoms with Gasteiger partial charge in [0.25, 0.3) is 11.8 Å². The van der Waals surface area contributed by atoms with Crippen LogP contribution >= 0.6 is 11.6 Å². The van der Waals surface area contributed by atoms with Gasteiger partial charge in [-0.3, -0.25) is 9.59 Å². The van der Waals surface area contributed by atoms with Crippen LogP contribution in [0, 0.1) is 31.5 Å². The summed E-state index contributed by atoms with van der Waals surface area (Å²) in [5, 5.41) is 3.23. The Morgan fingerprint density at radius 1 is 0.921 bits per heavy atom. The maximum Gasteiger partial charge on any atom is 0.258 e. The third kappa shape index (κ3) is 5.41. The summed E-state index contributed by atoms with van der Waals surface area (Å²) in [4.78, 5) is 29.7. The van der Waals surface area contributed by atoms with Crippen molar-refractivity contribution in [3.63, 3.8) is 0 Å². The molecule has 5 nitrogen and oxygen atoms in total. The average molecular weight is 534 g/mol. The first kappa shape index (κ1) is 26.2. The van der Waals surface area contributed by atoms with E-state index in [1.807, 2.05) is 32.0 Å². The van der Waals surface area contributed by atoms with Crippen LogP contribution in [-0.2, 0) is 6.42 Å². The summed E-state index contributed by atoms with van der Waals surface area (Å²) in [6.45, 7) is 7.53. The molecule has 2 aliphatic rings. The monoisotopic (exact) mass is 533 g/mol. The number of fused-ring (bicyclic) bond motifs is 1. The van der Waals surface area contributed by atoms with Crippen molar-refractivity contribution in [1.29, 1.82) is 0 Å². The van der Waals surface area contributed by atoms with Gasteiger partial charge in [0.05, 0.1) is 10.6 Å². The highest BCUT2D eigenvalue weighted by Crippen LogP contribution is 2.35. The van der Waals surface area contributed by atoms with Crippen LogP contribution in [0.25, 0.3) is 0 Å². The number of hydrogen-bond donors (Lipinski definition) is 1. The van der Waals surface area contributed by atoms with Crippen LogP contribution in [0.3, 0.4) is 0 Å². The molecule has 2 heterocycles. The predicted molar refractivity (Wildman–Crippen MR) is 150 cm³/mol. The van der Waals surface area contributed by atoms with Gasteiger partial charge >= 0.3 is 0 Å². The number of anilines is 1. The Kier molecular flexibility index (Phi) is 7.70. The van der Waals surface area contributed by atoms with Crippen molar-refractivity contribution >= 4 is 29.1 Å². The highest BCUT2D eigenvalue weighted by atomic mass is 35.5. The summed E-state index contributed by atoms with van der Waals surface area (Å²) in [7, 11) is 0. The largest absolute Gasteiger partial charge is 0.371 e. The molecule has 0 bridgehead atoms. The Balaban J connectivity index is 1.13. The lowest BCUT2D eigenvalue weighted by atomic mass is 10.0. The molecular formula is C31H33ClFN3O2. The summed E-state index contributed by atoms with van der Waals surface area (Å²) in [6.07, 6.45) is 1.74. The molecule has 0 radical (unpaired) electrons. The van der Waals surface area contributed by atoms with E-state index in [4.69, 9.17) is 11.6 Å². The smallest absolute Gasteiger partial charge is 0.258 e. The topological polar surface area (TPSA) is 52.7 Å². The Labute approximate surface area is 228 Å². The minimum absolute atomic E-state index is 0.0113. The molecule has 198 valence electrons. The van der Waals surface area contributed by atoms with Crippen LogP contribution in [0.1, 0.15) is 43.8 Å². The summed E-state index contributed by atoms with van der Waals surface area (Å²) < 4.78 is 14.3. The summed E-state index contributed by atoms with van der Waals surface area (Å²) in [5.74, 6) is -0.187. The average Bonchev–Trinajstić information content (AvgIpc) is 3.46. The van der Waals surface area contributed by atoms with E-state index in [0.717, 1.165) is 42.6 Å². The molecule has 7 heteroatoms. The zero-order valence-corrected chi connectivity index (χ0v) is 22.6. The number of likely N-dealkylation sites (tertiary alicyclic amines) is 1. The number of carbonyl (C=O) groups excluding carboxylic acids is 2. The van der Waals surface area contributed by atoms with E-state index in [-0.39, 0.29) is 22.4 Å². The van der Waals surface area contributed by atoms with Crippen LogP contribution in [0.4, 0.5) is 10.1 Å². The molecular weight excluding hydrogens is 501 g/mol. The second-order valence-electron chi connectivity index (χ2n) is 10.5. The molecule has 2 aliphatic heterocycles. The summed E-state index contributed by atoms with van der Waals surface area (Å²) in [5.41, 5.74) is 5.16. The zero-order valence-electron chi connectivity index (χ0n) is 21.8. The van der Waals surface area contributed by atoms with Crippen molar-refractivity contribution in [2.75, 3.05) is 37.6 Å². The van der Waals surface area contributed by atoms with Crippen molar-refractivity contribution in [2.24, 2.45) is 11.8 Å². The number of benzene rings is 3. The minimum Gasteiger partial charge on any atom is -0.371 e. The fourth-order valence-corrected chi connectivity index (χ4v) is 6.14. The Morgan fingerprint density at radius 3 is 2.26 bits per heavy atom. The van der Waals surface area contributed by atoms with Crippen LogP contribution < -0.4 is 10.2 Å². The van der Waals surface area contributed by atoms with Crippen LogP contribution in [0.5, 0.6) is 0 Å². The number of aryl methyl sites for hydroxylation is 3. The van der Waals surface area contributed by atoms with Gasteiger partial charge < -0.3 is 15.1 Å². The molecule has 2 atom stereocenters. The second-order valence-corrected chi connectivity index (χ2v) is 10.9. The minimum atomic E-state index is -0.567. The highest BCUT2D eigenvalue weighted by Gasteiger charge is 2.42. The van der Waals surface area contributed by atoms with Crippen molar-refractivity contribution in [3.8, 4) is 0 Å². The van der Waals surface area contributed by atoms with Gasteiger partial charge in [0.15, 0.2) is 0 Å². The number of nitrogens with one attached hydrogen (secondary N) is 1. The molecule has 2 unspecified atom stereocenters. The van der Waals surface area contributed by atoms with Gasteiger partial charge in [-0.1, -0.05) is 48.0 Å². The van der Waals surface area contributed by atoms with Crippen molar-refractivity contribution in [3.05, 3.63) is 99.3 Å². The lowest BCUT2D eigenvalue weighted by Crippen LogP contribution is -2.34. The number of hydrogen-bond acceptors (Lipinski definition) is 3. The molecule has 1 N–H and O–H groups in total. The van der Waals surface area contributed by atoms with E-state index in [9.17, 15) is 14.0 Å². The second kappa shape index (κ2) is 11.2. The number of halogens is 2. The quantitative estimate of drug-likeness (QED) is 0.398. The first-order chi connectivity index (χ1) is 18.3. The number of amides is 2. The van der Waals surface area contributed by atoms with E-state index in [1.54, 1.807) is 11.0 Å². The first-order valence-electron chi connectivity index (χ1n) is 13.2. The van der Waals surface area contributed by atoms with Crippen LogP contribution in [0.15, 0.2) is 60.7 Å². The van der Waals surface area contributed by atoms with Gasteiger partial charge in [-0.05, 0) is 67.6 Å². The van der Waals surface area contributed by atoms with Gasteiger partial charge in [-0.2, -0.15) is 0 Å². The van der Waals surface area contributed by atoms with Crippen molar-refractivity contribution < 1.29 is 14.0 Å². The van der Waals surface area contributed by atoms with Gasteiger partial charge in [-0.25, -0.2) is 4.39 Å². The Morgan fingerprint density at radius 2 is 1.58 bits per heavy atom.